The molecule has 3 rings (SSSR count). The van der Waals surface area contributed by atoms with Crippen molar-refractivity contribution in [3.63, 3.8) is 0 Å². The number of hydrogen-bond acceptors (Lipinski definition) is 5. The van der Waals surface area contributed by atoms with Crippen molar-refractivity contribution < 1.29 is 19.1 Å². The number of carbonyl (C=O) groups excluding carboxylic acids is 3. The van der Waals surface area contributed by atoms with Crippen LogP contribution in [0.3, 0.4) is 0 Å². The van der Waals surface area contributed by atoms with Gasteiger partial charge in [0.15, 0.2) is 0 Å². The molecule has 2 aliphatic rings. The highest BCUT2D eigenvalue weighted by atomic mass is 16.6. The highest BCUT2D eigenvalue weighted by Gasteiger charge is 2.38. The van der Waals surface area contributed by atoms with Gasteiger partial charge in [-0.1, -0.05) is 58.0 Å². The van der Waals surface area contributed by atoms with Crippen molar-refractivity contribution in [3.05, 3.63) is 35.9 Å². The number of ether oxygens (including phenoxy) is 1. The Hall–Kier alpha value is -2.21. The molecule has 4 atom stereocenters. The van der Waals surface area contributed by atoms with Crippen molar-refractivity contribution in [2.75, 3.05) is 0 Å². The van der Waals surface area contributed by atoms with E-state index in [0.29, 0.717) is 30.7 Å². The molecule has 36 heavy (non-hydrogen) atoms. The van der Waals surface area contributed by atoms with Gasteiger partial charge in [0.25, 0.3) is 0 Å². The van der Waals surface area contributed by atoms with E-state index in [0.717, 1.165) is 45.1 Å². The molecule has 0 N–H and O–H groups in total. The summed E-state index contributed by atoms with van der Waals surface area (Å²) in [5, 5.41) is 0. The van der Waals surface area contributed by atoms with E-state index in [1.165, 1.54) is 5.56 Å². The topological polar surface area (TPSA) is 66.9 Å². The second-order valence-corrected chi connectivity index (χ2v) is 11.2. The van der Waals surface area contributed by atoms with Crippen molar-refractivity contribution >= 4 is 17.7 Å². The van der Waals surface area contributed by atoms with Crippen LogP contribution in [0.25, 0.3) is 0 Å². The summed E-state index contributed by atoms with van der Waals surface area (Å²) in [4.78, 5) is 40.0. The SMILES string of the molecule is CCC1CC(=O)CC(CC)N1C(=O)OC(C)(C)C.CCC1CC(=O)CC(CC)N1Cc1ccccc1. The third kappa shape index (κ3) is 8.72. The summed E-state index contributed by atoms with van der Waals surface area (Å²) in [6.07, 6.45) is 5.83. The van der Waals surface area contributed by atoms with Gasteiger partial charge in [-0.25, -0.2) is 4.79 Å². The van der Waals surface area contributed by atoms with Crippen LogP contribution in [0.1, 0.15) is 105 Å². The largest absolute Gasteiger partial charge is 0.444 e. The lowest BCUT2D eigenvalue weighted by molar-refractivity contribution is -0.126. The monoisotopic (exact) mass is 500 g/mol. The Morgan fingerprint density at radius 3 is 1.58 bits per heavy atom. The molecule has 2 aliphatic heterocycles. The van der Waals surface area contributed by atoms with E-state index in [1.807, 2.05) is 34.6 Å². The normalized spacial score (nSPS) is 25.2. The van der Waals surface area contributed by atoms with E-state index in [-0.39, 0.29) is 24.0 Å². The maximum Gasteiger partial charge on any atom is 0.410 e. The first-order valence-corrected chi connectivity index (χ1v) is 13.9. The molecule has 2 fully saturated rings. The van der Waals surface area contributed by atoms with Crippen molar-refractivity contribution in [2.45, 2.75) is 136 Å². The first kappa shape index (κ1) is 30.0. The number of rotatable bonds is 6. The van der Waals surface area contributed by atoms with Gasteiger partial charge in [-0.15, -0.1) is 0 Å². The predicted molar refractivity (Wildman–Crippen MR) is 145 cm³/mol. The van der Waals surface area contributed by atoms with Crippen LogP contribution in [0.5, 0.6) is 0 Å². The minimum Gasteiger partial charge on any atom is -0.444 e. The molecule has 2 heterocycles. The third-order valence-electron chi connectivity index (χ3n) is 7.28. The lowest BCUT2D eigenvalue weighted by atomic mass is 9.91. The van der Waals surface area contributed by atoms with E-state index < -0.39 is 5.60 Å². The number of hydrogen-bond donors (Lipinski definition) is 0. The van der Waals surface area contributed by atoms with Gasteiger partial charge in [-0.05, 0) is 52.0 Å². The number of benzene rings is 1. The Balaban J connectivity index is 0.000000254. The van der Waals surface area contributed by atoms with Crippen molar-refractivity contribution in [1.29, 1.82) is 0 Å². The molecule has 0 bridgehead atoms. The van der Waals surface area contributed by atoms with Crippen LogP contribution in [-0.2, 0) is 20.9 Å². The molecular formula is C30H48N2O4. The molecule has 6 heteroatoms. The van der Waals surface area contributed by atoms with Crippen LogP contribution in [0.4, 0.5) is 4.79 Å². The fourth-order valence-electron chi connectivity index (χ4n) is 5.35. The van der Waals surface area contributed by atoms with Crippen LogP contribution in [-0.4, -0.2) is 57.2 Å². The van der Waals surface area contributed by atoms with Gasteiger partial charge >= 0.3 is 6.09 Å². The number of likely N-dealkylation sites (tertiary alicyclic amines) is 2. The molecule has 1 amide bonds. The van der Waals surface area contributed by atoms with Crippen LogP contribution in [0.15, 0.2) is 30.3 Å². The number of piperidine rings is 2. The quantitative estimate of drug-likeness (QED) is 0.443. The van der Waals surface area contributed by atoms with E-state index in [4.69, 9.17) is 4.74 Å². The molecule has 0 saturated carbocycles. The molecule has 6 nitrogen and oxygen atoms in total. The Morgan fingerprint density at radius 1 is 0.778 bits per heavy atom. The molecule has 1 aromatic carbocycles. The van der Waals surface area contributed by atoms with E-state index in [2.05, 4.69) is 49.1 Å². The molecule has 202 valence electrons. The zero-order valence-electron chi connectivity index (χ0n) is 23.6. The summed E-state index contributed by atoms with van der Waals surface area (Å²) >= 11 is 0. The maximum atomic E-state index is 12.3. The van der Waals surface area contributed by atoms with Gasteiger partial charge in [0.05, 0.1) is 0 Å². The van der Waals surface area contributed by atoms with Gasteiger partial charge in [0.2, 0.25) is 0 Å². The Kier molecular flexibility index (Phi) is 11.6. The average Bonchev–Trinajstić information content (AvgIpc) is 2.83. The average molecular weight is 501 g/mol. The van der Waals surface area contributed by atoms with Crippen LogP contribution < -0.4 is 0 Å². The third-order valence-corrected chi connectivity index (χ3v) is 7.28. The molecule has 0 radical (unpaired) electrons. The first-order chi connectivity index (χ1) is 17.0. The minimum atomic E-state index is -0.491. The second-order valence-electron chi connectivity index (χ2n) is 11.2. The second kappa shape index (κ2) is 13.9. The summed E-state index contributed by atoms with van der Waals surface area (Å²) in [6, 6.07) is 11.4. The number of nitrogens with zero attached hydrogens (tertiary/aromatic N) is 2. The fourth-order valence-corrected chi connectivity index (χ4v) is 5.35. The van der Waals surface area contributed by atoms with Crippen LogP contribution in [0, 0.1) is 0 Å². The predicted octanol–water partition coefficient (Wildman–Crippen LogP) is 6.55. The summed E-state index contributed by atoms with van der Waals surface area (Å²) in [5.74, 6) is 0.700. The summed E-state index contributed by atoms with van der Waals surface area (Å²) in [6.45, 7) is 15.0. The number of amides is 1. The van der Waals surface area contributed by atoms with Gasteiger partial charge in [0, 0.05) is 56.4 Å². The Labute approximate surface area is 218 Å². The molecular weight excluding hydrogens is 452 g/mol. The molecule has 0 aliphatic carbocycles. The molecule has 0 aromatic heterocycles. The van der Waals surface area contributed by atoms with Crippen LogP contribution >= 0.6 is 0 Å². The smallest absolute Gasteiger partial charge is 0.410 e. The van der Waals surface area contributed by atoms with Crippen molar-refractivity contribution in [2.24, 2.45) is 0 Å². The number of carbonyl (C=O) groups is 3. The first-order valence-electron chi connectivity index (χ1n) is 13.9. The van der Waals surface area contributed by atoms with Crippen molar-refractivity contribution in [1.82, 2.24) is 9.80 Å². The molecule has 2 saturated heterocycles. The Bertz CT molecular complexity index is 816. The summed E-state index contributed by atoms with van der Waals surface area (Å²) in [7, 11) is 0. The van der Waals surface area contributed by atoms with E-state index in [9.17, 15) is 14.4 Å². The zero-order chi connectivity index (χ0) is 26.9. The highest BCUT2D eigenvalue weighted by Crippen LogP contribution is 2.28. The Morgan fingerprint density at radius 2 is 1.19 bits per heavy atom. The fraction of sp³-hybridized carbons (Fsp3) is 0.700. The number of ketones is 2. The summed E-state index contributed by atoms with van der Waals surface area (Å²) in [5.41, 5.74) is 0.860. The summed E-state index contributed by atoms with van der Waals surface area (Å²) < 4.78 is 5.45. The van der Waals surface area contributed by atoms with E-state index >= 15 is 0 Å². The van der Waals surface area contributed by atoms with E-state index in [1.54, 1.807) is 4.90 Å². The standard InChI is InChI=1S/C16H23NO.C14H25NO3/c1-3-14-10-16(18)11-15(4-2)17(14)12-13-8-6-5-7-9-13;1-6-10-8-12(16)9-11(7-2)15(10)13(17)18-14(3,4)5/h5-9,14-15H,3-4,10-12H2,1-2H3;10-11H,6-9H2,1-5H3. The van der Waals surface area contributed by atoms with Gasteiger partial charge in [-0.2, -0.15) is 0 Å². The lowest BCUT2D eigenvalue weighted by Gasteiger charge is -2.41. The zero-order valence-corrected chi connectivity index (χ0v) is 23.6. The highest BCUT2D eigenvalue weighted by molar-refractivity contribution is 5.83. The maximum absolute atomic E-state index is 12.3. The lowest BCUT2D eigenvalue weighted by Crippen LogP contribution is -2.53. The molecule has 0 spiro atoms. The number of Topliss-reactive ketones (excluding diaryl/α,β-unsaturated/α-hetero) is 2. The molecule has 1 aromatic rings. The molecule has 4 unspecified atom stereocenters. The minimum absolute atomic E-state index is 0.00829. The van der Waals surface area contributed by atoms with Crippen LogP contribution in [0.2, 0.25) is 0 Å². The van der Waals surface area contributed by atoms with Gasteiger partial charge < -0.3 is 9.64 Å². The van der Waals surface area contributed by atoms with Gasteiger partial charge in [0.1, 0.15) is 17.2 Å². The van der Waals surface area contributed by atoms with Gasteiger partial charge in [-0.3, -0.25) is 14.5 Å². The van der Waals surface area contributed by atoms with Crippen molar-refractivity contribution in [3.8, 4) is 0 Å².